The highest BCUT2D eigenvalue weighted by atomic mass is 16.5. The number of piperidine rings is 1. The van der Waals surface area contributed by atoms with E-state index in [1.165, 1.54) is 0 Å². The molecule has 0 unspecified atom stereocenters. The first-order chi connectivity index (χ1) is 13.8. The zero-order chi connectivity index (χ0) is 19.6. The van der Waals surface area contributed by atoms with E-state index >= 15 is 0 Å². The van der Waals surface area contributed by atoms with Crippen LogP contribution in [-0.4, -0.2) is 48.8 Å². The summed E-state index contributed by atoms with van der Waals surface area (Å²) in [7, 11) is 0. The number of amides is 1. The number of benzene rings is 1. The first-order valence-corrected chi connectivity index (χ1v) is 9.82. The first kappa shape index (κ1) is 20.2. The van der Waals surface area contributed by atoms with Gasteiger partial charge in [0.15, 0.2) is 0 Å². The van der Waals surface area contributed by atoms with Gasteiger partial charge in [0.05, 0.1) is 26.0 Å². The van der Waals surface area contributed by atoms with Gasteiger partial charge in [0, 0.05) is 43.7 Å². The number of carbonyl (C=O) groups is 1. The lowest BCUT2D eigenvalue weighted by molar-refractivity contribution is -0.120. The normalized spacial score (nSPS) is 14.8. The molecule has 1 amide bonds. The lowest BCUT2D eigenvalue weighted by atomic mass is 9.96. The summed E-state index contributed by atoms with van der Waals surface area (Å²) in [6, 6.07) is 7.81. The number of carbonyl (C=O) groups excluding carboxylic acids is 1. The maximum Gasteiger partial charge on any atom is 0.227 e. The molecule has 1 aliphatic rings. The Labute approximate surface area is 166 Å². The number of aromatic nitrogens is 2. The molecule has 1 saturated heterocycles. The average molecular weight is 384 g/mol. The predicted molar refractivity (Wildman–Crippen MR) is 108 cm³/mol. The molecule has 1 aromatic carbocycles. The molecule has 2 heterocycles. The van der Waals surface area contributed by atoms with E-state index in [0.29, 0.717) is 26.4 Å². The lowest BCUT2D eigenvalue weighted by Gasteiger charge is -2.31. The molecule has 150 valence electrons. The molecule has 1 aromatic heterocycles. The number of nitrogens with one attached hydrogen (secondary N) is 1. The van der Waals surface area contributed by atoms with E-state index in [9.17, 15) is 4.79 Å². The Hall–Kier alpha value is -2.51. The minimum absolute atomic E-state index is 0.0130. The summed E-state index contributed by atoms with van der Waals surface area (Å²) in [6.07, 6.45) is 6.75. The number of nitrogens with zero attached hydrogens (tertiary/aromatic N) is 3. The van der Waals surface area contributed by atoms with Crippen LogP contribution in [0.1, 0.15) is 25.3 Å². The van der Waals surface area contributed by atoms with Crippen molar-refractivity contribution in [1.29, 1.82) is 0 Å². The second kappa shape index (κ2) is 10.7. The van der Waals surface area contributed by atoms with Crippen LogP contribution in [0.5, 0.6) is 0 Å². The summed E-state index contributed by atoms with van der Waals surface area (Å²) in [5, 5.41) is 3.05. The van der Waals surface area contributed by atoms with Crippen LogP contribution in [0.3, 0.4) is 0 Å². The Kier molecular flexibility index (Phi) is 7.75. The van der Waals surface area contributed by atoms with Gasteiger partial charge in [-0.2, -0.15) is 0 Å². The molecule has 7 nitrogen and oxygen atoms in total. The summed E-state index contributed by atoms with van der Waals surface area (Å²) >= 11 is 0. The van der Waals surface area contributed by atoms with E-state index in [-0.39, 0.29) is 11.8 Å². The second-order valence-electron chi connectivity index (χ2n) is 6.76. The van der Waals surface area contributed by atoms with E-state index in [0.717, 1.165) is 43.0 Å². The van der Waals surface area contributed by atoms with Crippen LogP contribution >= 0.6 is 0 Å². The van der Waals surface area contributed by atoms with Crippen molar-refractivity contribution >= 4 is 17.4 Å². The third-order valence-corrected chi connectivity index (χ3v) is 4.78. The molecule has 7 heteroatoms. The monoisotopic (exact) mass is 384 g/mol. The van der Waals surface area contributed by atoms with Gasteiger partial charge in [-0.15, -0.1) is 0 Å². The molecule has 0 radical (unpaired) electrons. The average Bonchev–Trinajstić information content (AvgIpc) is 2.75. The zero-order valence-corrected chi connectivity index (χ0v) is 16.3. The zero-order valence-electron chi connectivity index (χ0n) is 16.3. The second-order valence-corrected chi connectivity index (χ2v) is 6.76. The van der Waals surface area contributed by atoms with Gasteiger partial charge >= 0.3 is 0 Å². The quantitative estimate of drug-likeness (QED) is 0.670. The summed E-state index contributed by atoms with van der Waals surface area (Å²) in [4.78, 5) is 23.3. The molecule has 0 atom stereocenters. The molecular formula is C21H28N4O3. The molecular weight excluding hydrogens is 356 g/mol. The van der Waals surface area contributed by atoms with Gasteiger partial charge in [-0.05, 0) is 37.5 Å². The Balaban J connectivity index is 1.45. The van der Waals surface area contributed by atoms with Crippen molar-refractivity contribution in [3.8, 4) is 0 Å². The Morgan fingerprint density at radius 2 is 2.04 bits per heavy atom. The Morgan fingerprint density at radius 3 is 2.79 bits per heavy atom. The number of anilines is 2. The van der Waals surface area contributed by atoms with Gasteiger partial charge in [-0.25, -0.2) is 4.98 Å². The highest BCUT2D eigenvalue weighted by molar-refractivity contribution is 5.92. The molecule has 1 aliphatic heterocycles. The van der Waals surface area contributed by atoms with Crippen molar-refractivity contribution in [3.63, 3.8) is 0 Å². The molecule has 0 bridgehead atoms. The van der Waals surface area contributed by atoms with E-state index in [4.69, 9.17) is 9.47 Å². The molecule has 0 spiro atoms. The fraction of sp³-hybridized carbons (Fsp3) is 0.476. The van der Waals surface area contributed by atoms with Gasteiger partial charge in [-0.1, -0.05) is 12.1 Å². The smallest absolute Gasteiger partial charge is 0.227 e. The summed E-state index contributed by atoms with van der Waals surface area (Å²) in [5.74, 6) is 0.964. The molecule has 1 fully saturated rings. The minimum Gasteiger partial charge on any atom is -0.379 e. The van der Waals surface area contributed by atoms with Gasteiger partial charge in [0.2, 0.25) is 5.91 Å². The third kappa shape index (κ3) is 6.00. The summed E-state index contributed by atoms with van der Waals surface area (Å²) in [5.41, 5.74) is 1.85. The van der Waals surface area contributed by atoms with E-state index < -0.39 is 0 Å². The third-order valence-electron chi connectivity index (χ3n) is 4.78. The fourth-order valence-corrected chi connectivity index (χ4v) is 3.26. The minimum atomic E-state index is 0.0130. The van der Waals surface area contributed by atoms with Gasteiger partial charge in [-0.3, -0.25) is 9.78 Å². The number of hydrogen-bond donors (Lipinski definition) is 1. The fourth-order valence-electron chi connectivity index (χ4n) is 3.26. The molecule has 3 rings (SSSR count). The van der Waals surface area contributed by atoms with Crippen molar-refractivity contribution in [2.24, 2.45) is 5.92 Å². The SMILES string of the molecule is CCOCCOCc1cccc(NC(=O)C2CCN(c3cnccn3)CC2)c1. The van der Waals surface area contributed by atoms with Crippen LogP contribution < -0.4 is 10.2 Å². The number of rotatable bonds is 9. The standard InChI is InChI=1S/C21H28N4O3/c1-2-27-12-13-28-16-17-4-3-5-19(14-17)24-21(26)18-6-10-25(11-7-18)20-15-22-8-9-23-20/h3-5,8-9,14-15,18H,2,6-7,10-13,16H2,1H3,(H,24,26). The summed E-state index contributed by atoms with van der Waals surface area (Å²) in [6.45, 7) is 5.95. The van der Waals surface area contributed by atoms with Crippen LogP contribution in [0.25, 0.3) is 0 Å². The largest absolute Gasteiger partial charge is 0.379 e. The predicted octanol–water partition coefficient (Wildman–Crippen LogP) is 2.88. The highest BCUT2D eigenvalue weighted by Gasteiger charge is 2.25. The van der Waals surface area contributed by atoms with Crippen LogP contribution in [0, 0.1) is 5.92 Å². The van der Waals surface area contributed by atoms with Crippen molar-refractivity contribution in [2.75, 3.05) is 43.1 Å². The lowest BCUT2D eigenvalue weighted by Crippen LogP contribution is -2.38. The van der Waals surface area contributed by atoms with E-state index in [2.05, 4.69) is 20.2 Å². The van der Waals surface area contributed by atoms with Gasteiger partial charge in [0.1, 0.15) is 5.82 Å². The number of hydrogen-bond acceptors (Lipinski definition) is 6. The topological polar surface area (TPSA) is 76.6 Å². The summed E-state index contributed by atoms with van der Waals surface area (Å²) < 4.78 is 10.9. The number of ether oxygens (including phenoxy) is 2. The highest BCUT2D eigenvalue weighted by Crippen LogP contribution is 2.23. The molecule has 0 aliphatic carbocycles. The van der Waals surface area contributed by atoms with Crippen molar-refractivity contribution < 1.29 is 14.3 Å². The molecule has 28 heavy (non-hydrogen) atoms. The van der Waals surface area contributed by atoms with Crippen LogP contribution in [0.2, 0.25) is 0 Å². The maximum absolute atomic E-state index is 12.6. The molecule has 2 aromatic rings. The van der Waals surface area contributed by atoms with E-state index in [1.54, 1.807) is 18.6 Å². The van der Waals surface area contributed by atoms with Crippen molar-refractivity contribution in [1.82, 2.24) is 9.97 Å². The van der Waals surface area contributed by atoms with Gasteiger partial charge in [0.25, 0.3) is 0 Å². The first-order valence-electron chi connectivity index (χ1n) is 9.82. The van der Waals surface area contributed by atoms with Crippen molar-refractivity contribution in [3.05, 3.63) is 48.4 Å². The van der Waals surface area contributed by atoms with E-state index in [1.807, 2.05) is 31.2 Å². The van der Waals surface area contributed by atoms with Crippen LogP contribution in [0.4, 0.5) is 11.5 Å². The Bertz CT molecular complexity index is 733. The molecule has 0 saturated carbocycles. The van der Waals surface area contributed by atoms with Crippen LogP contribution in [0.15, 0.2) is 42.9 Å². The molecule has 1 N–H and O–H groups in total. The Morgan fingerprint density at radius 1 is 1.21 bits per heavy atom. The maximum atomic E-state index is 12.6. The van der Waals surface area contributed by atoms with Crippen LogP contribution in [-0.2, 0) is 20.9 Å². The van der Waals surface area contributed by atoms with Crippen molar-refractivity contribution in [2.45, 2.75) is 26.4 Å². The van der Waals surface area contributed by atoms with Gasteiger partial charge < -0.3 is 19.7 Å².